The fourth-order valence-electron chi connectivity index (χ4n) is 1.35. The third-order valence-corrected chi connectivity index (χ3v) is 2.30. The zero-order valence-electron chi connectivity index (χ0n) is 7.84. The Labute approximate surface area is 77.2 Å². The first-order valence-corrected chi connectivity index (χ1v) is 4.20. The van der Waals surface area contributed by atoms with Gasteiger partial charge in [0.15, 0.2) is 0 Å². The van der Waals surface area contributed by atoms with Gasteiger partial charge in [-0.05, 0) is 31.0 Å². The fraction of sp³-hybridized carbons (Fsp3) is 0.400. The molecule has 3 N–H and O–H groups in total. The van der Waals surface area contributed by atoms with Gasteiger partial charge in [0.05, 0.1) is 12.6 Å². The molecule has 0 spiro atoms. The van der Waals surface area contributed by atoms with E-state index in [0.29, 0.717) is 5.56 Å². The summed E-state index contributed by atoms with van der Waals surface area (Å²) < 4.78 is 13.3. The molecule has 0 bridgehead atoms. The molecule has 0 heterocycles. The van der Waals surface area contributed by atoms with E-state index in [4.69, 9.17) is 10.8 Å². The molecule has 0 saturated carbocycles. The van der Waals surface area contributed by atoms with Crippen molar-refractivity contribution in [2.45, 2.75) is 19.9 Å². The Hall–Kier alpha value is -0.930. The molecular weight excluding hydrogens is 169 g/mol. The molecule has 13 heavy (non-hydrogen) atoms. The van der Waals surface area contributed by atoms with Crippen molar-refractivity contribution in [3.05, 3.63) is 34.6 Å². The number of aliphatic hydroxyl groups excluding tert-OH is 1. The Kier molecular flexibility index (Phi) is 3.01. The molecular formula is C10H14FNO. The van der Waals surface area contributed by atoms with Crippen LogP contribution in [0.3, 0.4) is 0 Å². The number of hydrogen-bond donors (Lipinski definition) is 2. The van der Waals surface area contributed by atoms with Crippen LogP contribution in [0.15, 0.2) is 12.1 Å². The van der Waals surface area contributed by atoms with E-state index in [2.05, 4.69) is 0 Å². The van der Waals surface area contributed by atoms with Crippen LogP contribution >= 0.6 is 0 Å². The minimum absolute atomic E-state index is 0.235. The van der Waals surface area contributed by atoms with E-state index < -0.39 is 6.04 Å². The molecule has 0 radical (unpaired) electrons. The lowest BCUT2D eigenvalue weighted by molar-refractivity contribution is 0.265. The Morgan fingerprint density at radius 1 is 1.46 bits per heavy atom. The topological polar surface area (TPSA) is 46.2 Å². The van der Waals surface area contributed by atoms with Crippen LogP contribution in [-0.4, -0.2) is 11.7 Å². The van der Waals surface area contributed by atoms with Gasteiger partial charge in [0.1, 0.15) is 5.82 Å². The van der Waals surface area contributed by atoms with Crippen molar-refractivity contribution in [1.82, 2.24) is 0 Å². The van der Waals surface area contributed by atoms with Crippen LogP contribution in [0, 0.1) is 19.7 Å². The first-order chi connectivity index (χ1) is 6.07. The molecule has 0 aliphatic rings. The van der Waals surface area contributed by atoms with Gasteiger partial charge in [0.25, 0.3) is 0 Å². The predicted octanol–water partition coefficient (Wildman–Crippen LogP) is 1.43. The highest BCUT2D eigenvalue weighted by Crippen LogP contribution is 2.21. The fourth-order valence-corrected chi connectivity index (χ4v) is 1.35. The maximum absolute atomic E-state index is 13.3. The highest BCUT2D eigenvalue weighted by molar-refractivity contribution is 5.36. The van der Waals surface area contributed by atoms with Crippen LogP contribution in [-0.2, 0) is 0 Å². The van der Waals surface area contributed by atoms with E-state index in [1.807, 2.05) is 13.8 Å². The molecule has 0 saturated heterocycles. The Balaban J connectivity index is 3.25. The summed E-state index contributed by atoms with van der Waals surface area (Å²) in [5, 5.41) is 8.84. The Morgan fingerprint density at radius 2 is 2.08 bits per heavy atom. The van der Waals surface area contributed by atoms with Crippen molar-refractivity contribution in [1.29, 1.82) is 0 Å². The number of benzene rings is 1. The molecule has 3 heteroatoms. The number of aliphatic hydroxyl groups is 1. The predicted molar refractivity (Wildman–Crippen MR) is 49.9 cm³/mol. The molecule has 0 aliphatic heterocycles. The number of nitrogens with two attached hydrogens (primary N) is 1. The molecule has 1 unspecified atom stereocenters. The SMILES string of the molecule is Cc1ccc(F)c(C(N)CO)c1C. The molecule has 0 aliphatic carbocycles. The highest BCUT2D eigenvalue weighted by atomic mass is 19.1. The average molecular weight is 183 g/mol. The van der Waals surface area contributed by atoms with Crippen LogP contribution in [0.25, 0.3) is 0 Å². The second-order valence-electron chi connectivity index (χ2n) is 3.19. The summed E-state index contributed by atoms with van der Waals surface area (Å²) in [6.07, 6.45) is 0. The number of hydrogen-bond acceptors (Lipinski definition) is 2. The number of halogens is 1. The summed E-state index contributed by atoms with van der Waals surface area (Å²) in [6.45, 7) is 3.47. The summed E-state index contributed by atoms with van der Waals surface area (Å²) in [5.41, 5.74) is 7.80. The zero-order valence-corrected chi connectivity index (χ0v) is 7.84. The maximum Gasteiger partial charge on any atom is 0.128 e. The smallest absolute Gasteiger partial charge is 0.128 e. The molecule has 1 atom stereocenters. The standard InChI is InChI=1S/C10H14FNO/c1-6-3-4-8(11)10(7(6)2)9(12)5-13/h3-4,9,13H,5,12H2,1-2H3. The van der Waals surface area contributed by atoms with Crippen LogP contribution < -0.4 is 5.73 Å². The molecule has 1 aromatic carbocycles. The molecule has 0 amide bonds. The zero-order chi connectivity index (χ0) is 10.0. The third-order valence-electron chi connectivity index (χ3n) is 2.30. The highest BCUT2D eigenvalue weighted by Gasteiger charge is 2.14. The van der Waals surface area contributed by atoms with E-state index in [9.17, 15) is 4.39 Å². The first kappa shape index (κ1) is 10.2. The minimum atomic E-state index is -0.625. The lowest BCUT2D eigenvalue weighted by Crippen LogP contribution is -2.18. The van der Waals surface area contributed by atoms with Crippen LogP contribution in [0.2, 0.25) is 0 Å². The monoisotopic (exact) mass is 183 g/mol. The van der Waals surface area contributed by atoms with Gasteiger partial charge in [-0.1, -0.05) is 6.07 Å². The third kappa shape index (κ3) is 1.87. The Morgan fingerprint density at radius 3 is 2.62 bits per heavy atom. The normalized spacial score (nSPS) is 13.0. The van der Waals surface area contributed by atoms with Crippen molar-refractivity contribution in [2.24, 2.45) is 5.73 Å². The second kappa shape index (κ2) is 3.85. The van der Waals surface area contributed by atoms with E-state index in [1.54, 1.807) is 6.07 Å². The van der Waals surface area contributed by atoms with E-state index in [1.165, 1.54) is 6.07 Å². The van der Waals surface area contributed by atoms with Crippen LogP contribution in [0.5, 0.6) is 0 Å². The lowest BCUT2D eigenvalue weighted by atomic mass is 9.98. The van der Waals surface area contributed by atoms with Gasteiger partial charge in [-0.25, -0.2) is 4.39 Å². The summed E-state index contributed by atoms with van der Waals surface area (Å²) in [7, 11) is 0. The van der Waals surface area contributed by atoms with Gasteiger partial charge >= 0.3 is 0 Å². The molecule has 0 aromatic heterocycles. The summed E-state index contributed by atoms with van der Waals surface area (Å²) >= 11 is 0. The average Bonchev–Trinajstić information content (AvgIpc) is 2.12. The van der Waals surface area contributed by atoms with Crippen molar-refractivity contribution >= 4 is 0 Å². The van der Waals surface area contributed by atoms with Gasteiger partial charge in [0, 0.05) is 5.56 Å². The minimum Gasteiger partial charge on any atom is -0.394 e. The van der Waals surface area contributed by atoms with E-state index in [0.717, 1.165) is 11.1 Å². The van der Waals surface area contributed by atoms with E-state index >= 15 is 0 Å². The second-order valence-corrected chi connectivity index (χ2v) is 3.19. The van der Waals surface area contributed by atoms with Crippen molar-refractivity contribution < 1.29 is 9.50 Å². The van der Waals surface area contributed by atoms with Gasteiger partial charge in [-0.3, -0.25) is 0 Å². The van der Waals surface area contributed by atoms with Crippen molar-refractivity contribution in [3.63, 3.8) is 0 Å². The van der Waals surface area contributed by atoms with Crippen molar-refractivity contribution in [2.75, 3.05) is 6.61 Å². The Bertz CT molecular complexity index is 312. The van der Waals surface area contributed by atoms with Gasteiger partial charge in [-0.2, -0.15) is 0 Å². The molecule has 1 rings (SSSR count). The molecule has 2 nitrogen and oxygen atoms in total. The van der Waals surface area contributed by atoms with Crippen LogP contribution in [0.4, 0.5) is 4.39 Å². The van der Waals surface area contributed by atoms with Crippen LogP contribution in [0.1, 0.15) is 22.7 Å². The van der Waals surface area contributed by atoms with Crippen molar-refractivity contribution in [3.8, 4) is 0 Å². The summed E-state index contributed by atoms with van der Waals surface area (Å²) in [5.74, 6) is -0.343. The lowest BCUT2D eigenvalue weighted by Gasteiger charge is -2.14. The largest absolute Gasteiger partial charge is 0.394 e. The first-order valence-electron chi connectivity index (χ1n) is 4.20. The number of rotatable bonds is 2. The quantitative estimate of drug-likeness (QED) is 0.728. The van der Waals surface area contributed by atoms with Gasteiger partial charge in [0.2, 0.25) is 0 Å². The summed E-state index contributed by atoms with van der Waals surface area (Å²) in [4.78, 5) is 0. The number of aryl methyl sites for hydroxylation is 1. The van der Waals surface area contributed by atoms with Gasteiger partial charge < -0.3 is 10.8 Å². The molecule has 0 fully saturated rings. The molecule has 72 valence electrons. The van der Waals surface area contributed by atoms with E-state index in [-0.39, 0.29) is 12.4 Å². The maximum atomic E-state index is 13.3. The summed E-state index contributed by atoms with van der Waals surface area (Å²) in [6, 6.07) is 2.46. The van der Waals surface area contributed by atoms with Gasteiger partial charge in [-0.15, -0.1) is 0 Å². The molecule has 1 aromatic rings.